The standard InChI is InChI=1S/C16H18ClN3O/c1-11(2)20(10-12-5-3-4-6-14(12)18)16(21)15-8-7-13(17)9-19-15/h3-9,11H,10,18H2,1-2H3. The minimum Gasteiger partial charge on any atom is -0.398 e. The number of rotatable bonds is 4. The highest BCUT2D eigenvalue weighted by molar-refractivity contribution is 6.30. The van der Waals surface area contributed by atoms with E-state index in [1.807, 2.05) is 38.1 Å². The van der Waals surface area contributed by atoms with E-state index in [1.54, 1.807) is 17.0 Å². The van der Waals surface area contributed by atoms with Gasteiger partial charge in [-0.1, -0.05) is 29.8 Å². The van der Waals surface area contributed by atoms with Gasteiger partial charge in [0.25, 0.3) is 5.91 Å². The van der Waals surface area contributed by atoms with Gasteiger partial charge in [0.05, 0.1) is 5.02 Å². The zero-order valence-electron chi connectivity index (χ0n) is 12.1. The van der Waals surface area contributed by atoms with E-state index in [1.165, 1.54) is 6.20 Å². The van der Waals surface area contributed by atoms with E-state index in [9.17, 15) is 4.79 Å². The third-order valence-corrected chi connectivity index (χ3v) is 3.45. The van der Waals surface area contributed by atoms with Gasteiger partial charge in [-0.2, -0.15) is 0 Å². The number of nitrogens with two attached hydrogens (primary N) is 1. The number of pyridine rings is 1. The lowest BCUT2D eigenvalue weighted by atomic mass is 10.1. The topological polar surface area (TPSA) is 59.2 Å². The molecule has 0 spiro atoms. The van der Waals surface area contributed by atoms with E-state index in [-0.39, 0.29) is 11.9 Å². The van der Waals surface area contributed by atoms with E-state index in [2.05, 4.69) is 4.98 Å². The van der Waals surface area contributed by atoms with Crippen molar-refractivity contribution in [1.82, 2.24) is 9.88 Å². The van der Waals surface area contributed by atoms with Gasteiger partial charge < -0.3 is 10.6 Å². The third kappa shape index (κ3) is 3.73. The number of amides is 1. The van der Waals surface area contributed by atoms with Crippen LogP contribution in [0.25, 0.3) is 0 Å². The van der Waals surface area contributed by atoms with Crippen LogP contribution in [0.1, 0.15) is 29.9 Å². The van der Waals surface area contributed by atoms with Gasteiger partial charge >= 0.3 is 0 Å². The molecule has 4 nitrogen and oxygen atoms in total. The molecule has 0 atom stereocenters. The molecule has 0 unspecified atom stereocenters. The maximum absolute atomic E-state index is 12.6. The Morgan fingerprint density at radius 2 is 2.00 bits per heavy atom. The van der Waals surface area contributed by atoms with Gasteiger partial charge in [-0.25, -0.2) is 4.98 Å². The van der Waals surface area contributed by atoms with Crippen molar-refractivity contribution in [2.24, 2.45) is 0 Å². The normalized spacial score (nSPS) is 10.7. The average molecular weight is 304 g/mol. The molecule has 1 amide bonds. The molecule has 0 fully saturated rings. The van der Waals surface area contributed by atoms with Crippen LogP contribution < -0.4 is 5.73 Å². The van der Waals surface area contributed by atoms with Crippen molar-refractivity contribution in [2.75, 3.05) is 5.73 Å². The number of halogens is 1. The highest BCUT2D eigenvalue weighted by atomic mass is 35.5. The molecule has 0 saturated carbocycles. The van der Waals surface area contributed by atoms with Crippen LogP contribution in [-0.4, -0.2) is 21.8 Å². The van der Waals surface area contributed by atoms with Gasteiger partial charge in [0.2, 0.25) is 0 Å². The van der Waals surface area contributed by atoms with Gasteiger partial charge in [-0.3, -0.25) is 4.79 Å². The molecule has 0 saturated heterocycles. The van der Waals surface area contributed by atoms with Crippen molar-refractivity contribution >= 4 is 23.2 Å². The fraction of sp³-hybridized carbons (Fsp3) is 0.250. The molecule has 2 rings (SSSR count). The van der Waals surface area contributed by atoms with E-state index >= 15 is 0 Å². The number of nitrogens with zero attached hydrogens (tertiary/aromatic N) is 2. The Morgan fingerprint density at radius 1 is 1.29 bits per heavy atom. The first-order valence-electron chi connectivity index (χ1n) is 6.75. The summed E-state index contributed by atoms with van der Waals surface area (Å²) < 4.78 is 0. The van der Waals surface area contributed by atoms with Crippen LogP contribution in [-0.2, 0) is 6.54 Å². The fourth-order valence-corrected chi connectivity index (χ4v) is 2.11. The van der Waals surface area contributed by atoms with E-state index in [0.717, 1.165) is 5.56 Å². The van der Waals surface area contributed by atoms with Gasteiger partial charge in [0.15, 0.2) is 0 Å². The third-order valence-electron chi connectivity index (χ3n) is 3.23. The van der Waals surface area contributed by atoms with Crippen molar-refractivity contribution in [1.29, 1.82) is 0 Å². The Labute approximate surface area is 129 Å². The monoisotopic (exact) mass is 303 g/mol. The quantitative estimate of drug-likeness (QED) is 0.881. The van der Waals surface area contributed by atoms with Crippen molar-refractivity contribution in [2.45, 2.75) is 26.4 Å². The molecule has 0 aliphatic heterocycles. The second-order valence-corrected chi connectivity index (χ2v) is 5.52. The summed E-state index contributed by atoms with van der Waals surface area (Å²) in [5.41, 5.74) is 7.94. The van der Waals surface area contributed by atoms with Gasteiger partial charge in [-0.15, -0.1) is 0 Å². The first-order chi connectivity index (χ1) is 9.99. The lowest BCUT2D eigenvalue weighted by Crippen LogP contribution is -2.37. The van der Waals surface area contributed by atoms with Crippen LogP contribution >= 0.6 is 11.6 Å². The van der Waals surface area contributed by atoms with Crippen molar-refractivity contribution in [3.63, 3.8) is 0 Å². The van der Waals surface area contributed by atoms with E-state index < -0.39 is 0 Å². The highest BCUT2D eigenvalue weighted by Gasteiger charge is 2.20. The molecular formula is C16H18ClN3O. The largest absolute Gasteiger partial charge is 0.398 e. The summed E-state index contributed by atoms with van der Waals surface area (Å²) in [6, 6.07) is 10.9. The van der Waals surface area contributed by atoms with Crippen LogP contribution in [0.15, 0.2) is 42.6 Å². The highest BCUT2D eigenvalue weighted by Crippen LogP contribution is 2.17. The summed E-state index contributed by atoms with van der Waals surface area (Å²) >= 11 is 5.81. The number of para-hydroxylation sites is 1. The molecular weight excluding hydrogens is 286 g/mol. The van der Waals surface area contributed by atoms with E-state index in [0.29, 0.717) is 22.9 Å². The number of hydrogen-bond donors (Lipinski definition) is 1. The number of hydrogen-bond acceptors (Lipinski definition) is 3. The second kappa shape index (κ2) is 6.59. The molecule has 0 aliphatic rings. The zero-order valence-corrected chi connectivity index (χ0v) is 12.8. The minimum atomic E-state index is -0.134. The molecule has 5 heteroatoms. The number of carbonyl (C=O) groups excluding carboxylic acids is 1. The predicted molar refractivity (Wildman–Crippen MR) is 85.1 cm³/mol. The summed E-state index contributed by atoms with van der Waals surface area (Å²) in [4.78, 5) is 18.4. The molecule has 0 aliphatic carbocycles. The molecule has 1 aromatic heterocycles. The number of anilines is 1. The lowest BCUT2D eigenvalue weighted by Gasteiger charge is -2.27. The first kappa shape index (κ1) is 15.3. The summed E-state index contributed by atoms with van der Waals surface area (Å²) in [7, 11) is 0. The smallest absolute Gasteiger partial charge is 0.272 e. The molecule has 1 aromatic carbocycles. The number of nitrogen functional groups attached to an aromatic ring is 1. The fourth-order valence-electron chi connectivity index (χ4n) is 2.00. The van der Waals surface area contributed by atoms with Crippen molar-refractivity contribution in [3.8, 4) is 0 Å². The Kier molecular flexibility index (Phi) is 4.81. The molecule has 0 radical (unpaired) electrons. The van der Waals surface area contributed by atoms with Crippen LogP contribution in [0.3, 0.4) is 0 Å². The van der Waals surface area contributed by atoms with Crippen LogP contribution in [0, 0.1) is 0 Å². The Morgan fingerprint density at radius 3 is 2.57 bits per heavy atom. The predicted octanol–water partition coefficient (Wildman–Crippen LogP) is 3.37. The van der Waals surface area contributed by atoms with Crippen LogP contribution in [0.5, 0.6) is 0 Å². The second-order valence-electron chi connectivity index (χ2n) is 5.09. The summed E-state index contributed by atoms with van der Waals surface area (Å²) in [5, 5.41) is 0.509. The Hall–Kier alpha value is -2.07. The first-order valence-corrected chi connectivity index (χ1v) is 7.12. The SMILES string of the molecule is CC(C)N(Cc1ccccc1N)C(=O)c1ccc(Cl)cn1. The van der Waals surface area contributed by atoms with Crippen LogP contribution in [0.2, 0.25) is 5.02 Å². The van der Waals surface area contributed by atoms with Crippen LogP contribution in [0.4, 0.5) is 5.69 Å². The van der Waals surface area contributed by atoms with Gasteiger partial charge in [0, 0.05) is 24.5 Å². The summed E-state index contributed by atoms with van der Waals surface area (Å²) in [6.07, 6.45) is 1.48. The molecule has 2 N–H and O–H groups in total. The number of carbonyl (C=O) groups is 1. The number of aromatic nitrogens is 1. The molecule has 2 aromatic rings. The lowest BCUT2D eigenvalue weighted by molar-refractivity contribution is 0.0685. The van der Waals surface area contributed by atoms with Crippen molar-refractivity contribution < 1.29 is 4.79 Å². The van der Waals surface area contributed by atoms with Gasteiger partial charge in [0.1, 0.15) is 5.69 Å². The number of benzene rings is 1. The average Bonchev–Trinajstić information content (AvgIpc) is 2.46. The molecule has 21 heavy (non-hydrogen) atoms. The maximum Gasteiger partial charge on any atom is 0.272 e. The Balaban J connectivity index is 2.25. The zero-order chi connectivity index (χ0) is 15.4. The maximum atomic E-state index is 12.6. The Bertz CT molecular complexity index is 626. The minimum absolute atomic E-state index is 0.0367. The summed E-state index contributed by atoms with van der Waals surface area (Å²) in [5.74, 6) is -0.134. The molecule has 110 valence electrons. The van der Waals surface area contributed by atoms with E-state index in [4.69, 9.17) is 17.3 Å². The van der Waals surface area contributed by atoms with Gasteiger partial charge in [-0.05, 0) is 37.6 Å². The van der Waals surface area contributed by atoms with Crippen molar-refractivity contribution in [3.05, 3.63) is 58.9 Å². The summed E-state index contributed by atoms with van der Waals surface area (Å²) in [6.45, 7) is 4.38. The molecule has 0 bridgehead atoms. The molecule has 1 heterocycles.